The average molecular weight is 156 g/mol. The van der Waals surface area contributed by atoms with Gasteiger partial charge in [0.15, 0.2) is 0 Å². The highest BCUT2D eigenvalue weighted by molar-refractivity contribution is 4.72. The first-order valence-corrected chi connectivity index (χ1v) is 4.29. The van der Waals surface area contributed by atoms with Crippen LogP contribution < -0.4 is 10.6 Å². The van der Waals surface area contributed by atoms with Crippen LogP contribution in [0, 0.1) is 5.92 Å². The van der Waals surface area contributed by atoms with Gasteiger partial charge in [-0.05, 0) is 20.0 Å². The summed E-state index contributed by atoms with van der Waals surface area (Å²) in [4.78, 5) is 2.36. The molecule has 0 aliphatic carbocycles. The van der Waals surface area contributed by atoms with Gasteiger partial charge in [0.2, 0.25) is 0 Å². The van der Waals surface area contributed by atoms with Crippen LogP contribution in [0.3, 0.4) is 0 Å². The van der Waals surface area contributed by atoms with Gasteiger partial charge in [0.25, 0.3) is 0 Å². The molecule has 0 aromatic rings. The lowest BCUT2D eigenvalue weighted by Crippen LogP contribution is -2.31. The molecule has 1 heterocycles. The van der Waals surface area contributed by atoms with Crippen molar-refractivity contribution in [2.45, 2.75) is 0 Å². The maximum atomic E-state index is 4.44. The van der Waals surface area contributed by atoms with Crippen molar-refractivity contribution < 1.29 is 0 Å². The van der Waals surface area contributed by atoms with Gasteiger partial charge in [-0.2, -0.15) is 0 Å². The number of nitrogens with zero attached hydrogens (tertiary/aromatic N) is 2. The minimum Gasteiger partial charge on any atom is -0.319 e. The standard InChI is InChI=1S/C8H18N3/c1-9-5-8-6-10-3-4-11(2)7-8/h8-9H,3-7H2,1-2H3. The Bertz CT molecular complexity index is 106. The second kappa shape index (κ2) is 4.70. The molecule has 1 aliphatic rings. The maximum Gasteiger partial charge on any atom is 0.0261 e. The summed E-state index contributed by atoms with van der Waals surface area (Å²) in [6.07, 6.45) is 0. The van der Waals surface area contributed by atoms with E-state index >= 15 is 0 Å². The van der Waals surface area contributed by atoms with Crippen LogP contribution in [0.5, 0.6) is 0 Å². The molecule has 0 spiro atoms. The molecule has 1 atom stereocenters. The van der Waals surface area contributed by atoms with Gasteiger partial charge in [0.1, 0.15) is 0 Å². The minimum atomic E-state index is 0.715. The van der Waals surface area contributed by atoms with Crippen molar-refractivity contribution in [2.75, 3.05) is 46.8 Å². The highest BCUT2D eigenvalue weighted by Gasteiger charge is 2.14. The van der Waals surface area contributed by atoms with Crippen LogP contribution in [0.2, 0.25) is 0 Å². The largest absolute Gasteiger partial charge is 0.319 e. The normalized spacial score (nSPS) is 28.4. The van der Waals surface area contributed by atoms with E-state index in [1.807, 2.05) is 7.05 Å². The van der Waals surface area contributed by atoms with Crippen molar-refractivity contribution >= 4 is 0 Å². The summed E-state index contributed by atoms with van der Waals surface area (Å²) in [5, 5.41) is 7.64. The summed E-state index contributed by atoms with van der Waals surface area (Å²) < 4.78 is 0. The topological polar surface area (TPSA) is 29.4 Å². The lowest BCUT2D eigenvalue weighted by atomic mass is 10.1. The fraction of sp³-hybridized carbons (Fsp3) is 1.00. The fourth-order valence-corrected chi connectivity index (χ4v) is 1.52. The van der Waals surface area contributed by atoms with Crippen LogP contribution in [0.4, 0.5) is 0 Å². The van der Waals surface area contributed by atoms with Crippen molar-refractivity contribution in [1.82, 2.24) is 15.5 Å². The summed E-state index contributed by atoms with van der Waals surface area (Å²) in [6, 6.07) is 0. The molecule has 0 amide bonds. The van der Waals surface area contributed by atoms with Crippen molar-refractivity contribution in [1.29, 1.82) is 0 Å². The Balaban J connectivity index is 2.27. The molecule has 1 rings (SSSR count). The number of likely N-dealkylation sites (N-methyl/N-ethyl adjacent to an activating group) is 1. The van der Waals surface area contributed by atoms with Gasteiger partial charge in [-0.25, -0.2) is 5.32 Å². The smallest absolute Gasteiger partial charge is 0.0261 e. The third-order valence-corrected chi connectivity index (χ3v) is 2.09. The van der Waals surface area contributed by atoms with Gasteiger partial charge in [-0.3, -0.25) is 0 Å². The first-order chi connectivity index (χ1) is 5.33. The first-order valence-electron chi connectivity index (χ1n) is 4.29. The van der Waals surface area contributed by atoms with Crippen LogP contribution in [-0.2, 0) is 0 Å². The Hall–Kier alpha value is -0.120. The zero-order valence-corrected chi connectivity index (χ0v) is 7.51. The van der Waals surface area contributed by atoms with Crippen molar-refractivity contribution in [2.24, 2.45) is 5.92 Å². The molecular weight excluding hydrogens is 138 g/mol. The molecule has 0 aromatic heterocycles. The van der Waals surface area contributed by atoms with E-state index in [0.717, 1.165) is 26.2 Å². The molecule has 65 valence electrons. The van der Waals surface area contributed by atoms with E-state index in [9.17, 15) is 0 Å². The number of rotatable bonds is 2. The van der Waals surface area contributed by atoms with E-state index < -0.39 is 0 Å². The van der Waals surface area contributed by atoms with E-state index in [0.29, 0.717) is 5.92 Å². The zero-order valence-electron chi connectivity index (χ0n) is 7.51. The van der Waals surface area contributed by atoms with Gasteiger partial charge in [0.05, 0.1) is 0 Å². The second-order valence-corrected chi connectivity index (χ2v) is 3.32. The van der Waals surface area contributed by atoms with Gasteiger partial charge >= 0.3 is 0 Å². The van der Waals surface area contributed by atoms with E-state index in [2.05, 4.69) is 22.6 Å². The fourth-order valence-electron chi connectivity index (χ4n) is 1.52. The number of nitrogens with one attached hydrogen (secondary N) is 1. The molecule has 1 saturated heterocycles. The van der Waals surface area contributed by atoms with Crippen molar-refractivity contribution in [3.05, 3.63) is 0 Å². The Kier molecular flexibility index (Phi) is 3.83. The third-order valence-electron chi connectivity index (χ3n) is 2.09. The summed E-state index contributed by atoms with van der Waals surface area (Å²) in [6.45, 7) is 5.44. The Morgan fingerprint density at radius 3 is 3.18 bits per heavy atom. The van der Waals surface area contributed by atoms with Gasteiger partial charge < -0.3 is 10.2 Å². The molecule has 1 radical (unpaired) electrons. The van der Waals surface area contributed by atoms with Crippen molar-refractivity contribution in [3.8, 4) is 0 Å². The molecule has 0 aromatic carbocycles. The Labute approximate surface area is 69.1 Å². The second-order valence-electron chi connectivity index (χ2n) is 3.32. The SMILES string of the molecule is CNCC1C[N]CCN(C)C1. The Morgan fingerprint density at radius 2 is 2.45 bits per heavy atom. The summed E-state index contributed by atoms with van der Waals surface area (Å²) >= 11 is 0. The lowest BCUT2D eigenvalue weighted by molar-refractivity contribution is 0.307. The van der Waals surface area contributed by atoms with Crippen molar-refractivity contribution in [3.63, 3.8) is 0 Å². The van der Waals surface area contributed by atoms with Gasteiger partial charge in [-0.1, -0.05) is 0 Å². The van der Waals surface area contributed by atoms with E-state index in [1.54, 1.807) is 0 Å². The molecule has 1 aliphatic heterocycles. The predicted octanol–water partition coefficient (Wildman–Crippen LogP) is -0.628. The molecule has 3 heteroatoms. The zero-order chi connectivity index (χ0) is 8.10. The van der Waals surface area contributed by atoms with Gasteiger partial charge in [-0.15, -0.1) is 0 Å². The molecular formula is C8H18N3. The average Bonchev–Trinajstić information content (AvgIpc) is 2.15. The number of hydrogen-bond acceptors (Lipinski definition) is 2. The molecule has 1 unspecified atom stereocenters. The number of hydrogen-bond donors (Lipinski definition) is 1. The summed E-state index contributed by atoms with van der Waals surface area (Å²) in [7, 11) is 4.17. The monoisotopic (exact) mass is 156 g/mol. The lowest BCUT2D eigenvalue weighted by Gasteiger charge is -2.18. The maximum absolute atomic E-state index is 4.44. The van der Waals surface area contributed by atoms with Gasteiger partial charge in [0, 0.05) is 32.7 Å². The van der Waals surface area contributed by atoms with Crippen LogP contribution in [0.25, 0.3) is 0 Å². The molecule has 1 fully saturated rings. The molecule has 11 heavy (non-hydrogen) atoms. The Morgan fingerprint density at radius 1 is 1.64 bits per heavy atom. The van der Waals surface area contributed by atoms with Crippen LogP contribution in [0.1, 0.15) is 0 Å². The molecule has 3 nitrogen and oxygen atoms in total. The first kappa shape index (κ1) is 8.97. The summed E-state index contributed by atoms with van der Waals surface area (Å²) in [5.41, 5.74) is 0. The molecule has 0 bridgehead atoms. The third kappa shape index (κ3) is 3.18. The summed E-state index contributed by atoms with van der Waals surface area (Å²) in [5.74, 6) is 0.715. The highest BCUT2D eigenvalue weighted by Crippen LogP contribution is 2.00. The predicted molar refractivity (Wildman–Crippen MR) is 46.8 cm³/mol. The minimum absolute atomic E-state index is 0.715. The highest BCUT2D eigenvalue weighted by atomic mass is 15.1. The molecule has 1 N–H and O–H groups in total. The molecule has 0 saturated carbocycles. The van der Waals surface area contributed by atoms with Crippen LogP contribution in [-0.4, -0.2) is 51.7 Å². The van der Waals surface area contributed by atoms with E-state index in [4.69, 9.17) is 0 Å². The quantitative estimate of drug-likeness (QED) is 0.577. The van der Waals surface area contributed by atoms with Crippen LogP contribution >= 0.6 is 0 Å². The van der Waals surface area contributed by atoms with Crippen LogP contribution in [0.15, 0.2) is 0 Å². The van der Waals surface area contributed by atoms with E-state index in [1.165, 1.54) is 6.54 Å². The van der Waals surface area contributed by atoms with E-state index in [-0.39, 0.29) is 0 Å².